The first-order valence-corrected chi connectivity index (χ1v) is 12.0. The molecule has 0 unspecified atom stereocenters. The Balaban J connectivity index is 1.66. The normalized spacial score (nSPS) is 11.4. The highest BCUT2D eigenvalue weighted by molar-refractivity contribution is 7.18. The van der Waals surface area contributed by atoms with Crippen LogP contribution in [0, 0.1) is 0 Å². The Labute approximate surface area is 205 Å². The molecule has 8 heteroatoms. The van der Waals surface area contributed by atoms with Crippen LogP contribution in [0.15, 0.2) is 60.1 Å². The van der Waals surface area contributed by atoms with Crippen LogP contribution in [0.1, 0.15) is 11.1 Å². The van der Waals surface area contributed by atoms with Gasteiger partial charge in [0.1, 0.15) is 0 Å². The van der Waals surface area contributed by atoms with Crippen molar-refractivity contribution in [2.24, 2.45) is 0 Å². The van der Waals surface area contributed by atoms with E-state index in [4.69, 9.17) is 23.1 Å². The molecule has 0 saturated heterocycles. The molecule has 0 spiro atoms. The number of aliphatic carboxylic acids is 1. The minimum Gasteiger partial charge on any atom is -0.481 e. The van der Waals surface area contributed by atoms with Gasteiger partial charge in [-0.1, -0.05) is 23.7 Å². The van der Waals surface area contributed by atoms with Gasteiger partial charge in [0.25, 0.3) is 0 Å². The number of thiophene rings is 1. The Morgan fingerprint density at radius 1 is 1.03 bits per heavy atom. The van der Waals surface area contributed by atoms with Crippen LogP contribution in [-0.4, -0.2) is 22.7 Å². The minimum absolute atomic E-state index is 0.0474. The Bertz CT molecular complexity index is 1550. The molecule has 2 aromatic heterocycles. The number of carbonyl (C=O) groups is 1. The lowest BCUT2D eigenvalue weighted by atomic mass is 10.0. The average Bonchev–Trinajstić information content (AvgIpc) is 3.33. The summed E-state index contributed by atoms with van der Waals surface area (Å²) in [5.74, 6) is -0.863. The van der Waals surface area contributed by atoms with Crippen LogP contribution in [0.4, 0.5) is 17.1 Å². The van der Waals surface area contributed by atoms with Crippen molar-refractivity contribution in [2.45, 2.75) is 13.0 Å². The Hall–Kier alpha value is -3.68. The summed E-state index contributed by atoms with van der Waals surface area (Å²) in [4.78, 5) is 11.5. The summed E-state index contributed by atoms with van der Waals surface area (Å²) in [6.07, 6.45) is 1.89. The maximum atomic E-state index is 11.5. The topological polar surface area (TPSA) is 106 Å². The van der Waals surface area contributed by atoms with Crippen LogP contribution >= 0.6 is 22.9 Å². The van der Waals surface area contributed by atoms with E-state index in [0.717, 1.165) is 48.9 Å². The molecule has 0 aliphatic carbocycles. The molecule has 6 N–H and O–H groups in total. The fourth-order valence-corrected chi connectivity index (χ4v) is 5.75. The number of carboxylic acids is 1. The number of nitrogens with two attached hydrogens (primary N) is 2. The van der Waals surface area contributed by atoms with E-state index >= 15 is 0 Å². The summed E-state index contributed by atoms with van der Waals surface area (Å²) in [6.45, 7) is 0.585. The van der Waals surface area contributed by atoms with Gasteiger partial charge in [-0.15, -0.1) is 11.3 Å². The van der Waals surface area contributed by atoms with E-state index in [1.54, 1.807) is 17.4 Å². The maximum Gasteiger partial charge on any atom is 0.307 e. The van der Waals surface area contributed by atoms with Gasteiger partial charge in [0.15, 0.2) is 0 Å². The van der Waals surface area contributed by atoms with Crippen molar-refractivity contribution in [3.8, 4) is 11.1 Å². The molecule has 0 aliphatic rings. The molecule has 172 valence electrons. The molecule has 34 heavy (non-hydrogen) atoms. The number of nitrogens with one attached hydrogen (secondary N) is 1. The van der Waals surface area contributed by atoms with Gasteiger partial charge in [-0.3, -0.25) is 4.79 Å². The van der Waals surface area contributed by atoms with E-state index in [9.17, 15) is 9.90 Å². The summed E-state index contributed by atoms with van der Waals surface area (Å²) >= 11 is 8.04. The van der Waals surface area contributed by atoms with E-state index < -0.39 is 5.97 Å². The zero-order chi connectivity index (χ0) is 24.0. The molecular weight excluding hydrogens is 468 g/mol. The molecule has 6 nitrogen and oxygen atoms in total. The molecule has 0 saturated carbocycles. The second kappa shape index (κ2) is 8.59. The number of fused-ring (bicyclic) bond motifs is 2. The summed E-state index contributed by atoms with van der Waals surface area (Å²) in [6, 6.07) is 15.4. The smallest absolute Gasteiger partial charge is 0.307 e. The number of hydrogen-bond acceptors (Lipinski definition) is 5. The third-order valence-corrected chi connectivity index (χ3v) is 7.24. The van der Waals surface area contributed by atoms with Crippen LogP contribution in [-0.2, 0) is 17.8 Å². The number of aromatic nitrogens is 1. The highest BCUT2D eigenvalue weighted by Crippen LogP contribution is 2.37. The van der Waals surface area contributed by atoms with Crippen molar-refractivity contribution in [1.29, 1.82) is 0 Å². The highest BCUT2D eigenvalue weighted by Gasteiger charge is 2.16. The SMILES string of the molecule is CNc1cc(Cl)cc2c(Cn3cc(CC(=O)O)c4ccc(-c5cc(N)cc(N)c5)cc43)csc12. The molecule has 0 amide bonds. The standard InChI is InChI=1S/C26H23ClN4O2S/c1-30-23-9-18(27)8-22-17(13-34-26(22)23)12-31-11-16(7-25(32)33)21-3-2-14(6-24(21)31)15-4-19(28)10-20(29)5-15/h2-6,8-11,13,30H,7,12,28-29H2,1H3,(H,32,33). The first kappa shape index (κ1) is 22.1. The number of nitrogen functional groups attached to an aromatic ring is 2. The second-order valence-corrected chi connectivity index (χ2v) is 9.63. The van der Waals surface area contributed by atoms with Crippen molar-refractivity contribution in [3.05, 3.63) is 76.3 Å². The summed E-state index contributed by atoms with van der Waals surface area (Å²) in [7, 11) is 1.88. The van der Waals surface area contributed by atoms with Gasteiger partial charge in [0, 0.05) is 52.5 Å². The monoisotopic (exact) mass is 490 g/mol. The van der Waals surface area contributed by atoms with Gasteiger partial charge < -0.3 is 26.5 Å². The molecule has 3 aromatic carbocycles. The average molecular weight is 491 g/mol. The van der Waals surface area contributed by atoms with Crippen molar-refractivity contribution in [3.63, 3.8) is 0 Å². The summed E-state index contributed by atoms with van der Waals surface area (Å²) in [5.41, 5.74) is 18.9. The number of carboxylic acid groups (broad SMARTS) is 1. The largest absolute Gasteiger partial charge is 0.481 e. The first-order chi connectivity index (χ1) is 16.3. The van der Waals surface area contributed by atoms with Crippen LogP contribution in [0.2, 0.25) is 5.02 Å². The third kappa shape index (κ3) is 4.04. The molecule has 0 aliphatic heterocycles. The van der Waals surface area contributed by atoms with Crippen molar-refractivity contribution in [1.82, 2.24) is 4.57 Å². The Morgan fingerprint density at radius 3 is 2.50 bits per heavy atom. The molecule has 0 bridgehead atoms. The van der Waals surface area contributed by atoms with Gasteiger partial charge in [0.05, 0.1) is 16.8 Å². The van der Waals surface area contributed by atoms with Gasteiger partial charge >= 0.3 is 5.97 Å². The van der Waals surface area contributed by atoms with Crippen LogP contribution in [0.3, 0.4) is 0 Å². The first-order valence-electron chi connectivity index (χ1n) is 10.7. The number of hydrogen-bond donors (Lipinski definition) is 4. The van der Waals surface area contributed by atoms with E-state index in [-0.39, 0.29) is 6.42 Å². The number of halogens is 1. The van der Waals surface area contributed by atoms with Crippen LogP contribution in [0.5, 0.6) is 0 Å². The number of benzene rings is 3. The maximum absolute atomic E-state index is 11.5. The van der Waals surface area contributed by atoms with Gasteiger partial charge in [0.2, 0.25) is 0 Å². The number of nitrogens with zero attached hydrogens (tertiary/aromatic N) is 1. The van der Waals surface area contributed by atoms with Crippen molar-refractivity contribution >= 4 is 67.0 Å². The van der Waals surface area contributed by atoms with Crippen LogP contribution in [0.25, 0.3) is 32.1 Å². The Kier molecular flexibility index (Phi) is 5.59. The molecule has 0 atom stereocenters. The van der Waals surface area contributed by atoms with Crippen molar-refractivity contribution in [2.75, 3.05) is 23.8 Å². The molecule has 0 fully saturated rings. The second-order valence-electron chi connectivity index (χ2n) is 8.31. The zero-order valence-corrected chi connectivity index (χ0v) is 20.0. The Morgan fingerprint density at radius 2 is 1.79 bits per heavy atom. The van der Waals surface area contributed by atoms with E-state index in [0.29, 0.717) is 22.9 Å². The quantitative estimate of drug-likeness (QED) is 0.216. The van der Waals surface area contributed by atoms with Gasteiger partial charge in [-0.25, -0.2) is 0 Å². The fraction of sp³-hybridized carbons (Fsp3) is 0.115. The van der Waals surface area contributed by atoms with Crippen LogP contribution < -0.4 is 16.8 Å². The highest BCUT2D eigenvalue weighted by atomic mass is 35.5. The minimum atomic E-state index is -0.863. The van der Waals surface area contributed by atoms with E-state index in [1.807, 2.05) is 49.6 Å². The lowest BCUT2D eigenvalue weighted by Gasteiger charge is -2.09. The summed E-state index contributed by atoms with van der Waals surface area (Å²) in [5, 5.41) is 17.5. The lowest BCUT2D eigenvalue weighted by molar-refractivity contribution is -0.136. The lowest BCUT2D eigenvalue weighted by Crippen LogP contribution is -2.00. The molecule has 2 heterocycles. The fourth-order valence-electron chi connectivity index (χ4n) is 4.47. The van der Waals surface area contributed by atoms with E-state index in [2.05, 4.69) is 21.3 Å². The predicted octanol–water partition coefficient (Wildman–Crippen LogP) is 6.06. The third-order valence-electron chi connectivity index (χ3n) is 5.95. The number of anilines is 3. The van der Waals surface area contributed by atoms with E-state index in [1.165, 1.54) is 0 Å². The molecular formula is C26H23ClN4O2S. The molecule has 5 aromatic rings. The molecule has 0 radical (unpaired) electrons. The number of rotatable bonds is 6. The van der Waals surface area contributed by atoms with Crippen molar-refractivity contribution < 1.29 is 9.90 Å². The van der Waals surface area contributed by atoms with Gasteiger partial charge in [-0.05, 0) is 64.0 Å². The summed E-state index contributed by atoms with van der Waals surface area (Å²) < 4.78 is 3.24. The predicted molar refractivity (Wildman–Crippen MR) is 143 cm³/mol. The zero-order valence-electron chi connectivity index (χ0n) is 18.4. The van der Waals surface area contributed by atoms with Gasteiger partial charge in [-0.2, -0.15) is 0 Å². The molecule has 5 rings (SSSR count).